The molecule has 22 heavy (non-hydrogen) atoms. The molecule has 2 aromatic rings. The fourth-order valence-corrected chi connectivity index (χ4v) is 2.46. The molecule has 1 aromatic heterocycles. The van der Waals surface area contributed by atoms with Crippen molar-refractivity contribution in [1.82, 2.24) is 20.3 Å². The van der Waals surface area contributed by atoms with Crippen molar-refractivity contribution >= 4 is 5.91 Å². The van der Waals surface area contributed by atoms with Gasteiger partial charge in [0, 0.05) is 12.1 Å². The summed E-state index contributed by atoms with van der Waals surface area (Å²) in [6.07, 6.45) is 1.56. The Morgan fingerprint density at radius 1 is 1.36 bits per heavy atom. The number of ether oxygens (including phenoxy) is 3. The highest BCUT2D eigenvalue weighted by molar-refractivity contribution is 5.94. The molecular weight excluding hydrogens is 288 g/mol. The van der Waals surface area contributed by atoms with Gasteiger partial charge in [0.15, 0.2) is 11.5 Å². The van der Waals surface area contributed by atoms with Crippen LogP contribution in [0.4, 0.5) is 0 Å². The highest BCUT2D eigenvalue weighted by atomic mass is 16.7. The number of hydrogen-bond acceptors (Lipinski definition) is 6. The number of nitrogens with zero attached hydrogens (tertiary/aromatic N) is 3. The first-order valence-electron chi connectivity index (χ1n) is 6.96. The van der Waals surface area contributed by atoms with Crippen LogP contribution in [0, 0.1) is 0 Å². The number of benzene rings is 1. The van der Waals surface area contributed by atoms with Gasteiger partial charge in [0.1, 0.15) is 0 Å². The van der Waals surface area contributed by atoms with Crippen molar-refractivity contribution in [2.45, 2.75) is 19.3 Å². The molecule has 0 saturated heterocycles. The Kier molecular flexibility index (Phi) is 3.15. The molecular formula is C14H14N4O4. The van der Waals surface area contributed by atoms with E-state index in [9.17, 15) is 4.79 Å². The van der Waals surface area contributed by atoms with Gasteiger partial charge in [-0.3, -0.25) is 4.79 Å². The number of nitrogens with one attached hydrogen (secondary N) is 1. The summed E-state index contributed by atoms with van der Waals surface area (Å²) in [5.41, 5.74) is 1.47. The van der Waals surface area contributed by atoms with Crippen LogP contribution in [0.2, 0.25) is 0 Å². The molecule has 4 rings (SSSR count). The molecule has 0 radical (unpaired) electrons. The smallest absolute Gasteiger partial charge is 0.251 e. The summed E-state index contributed by atoms with van der Waals surface area (Å²) in [5.74, 6) is 1.07. The van der Waals surface area contributed by atoms with Crippen LogP contribution in [0.5, 0.6) is 11.5 Å². The van der Waals surface area contributed by atoms with Crippen LogP contribution in [0.25, 0.3) is 0 Å². The van der Waals surface area contributed by atoms with Gasteiger partial charge in [-0.2, -0.15) is 0 Å². The number of hydrogen-bond donors (Lipinski definition) is 1. The number of rotatable bonds is 3. The first-order chi connectivity index (χ1) is 10.8. The van der Waals surface area contributed by atoms with Crippen molar-refractivity contribution in [3.05, 3.63) is 35.7 Å². The van der Waals surface area contributed by atoms with Gasteiger partial charge >= 0.3 is 0 Å². The third-order valence-electron chi connectivity index (χ3n) is 3.67. The average molecular weight is 302 g/mol. The Bertz CT molecular complexity index is 715. The van der Waals surface area contributed by atoms with E-state index in [2.05, 4.69) is 15.6 Å². The summed E-state index contributed by atoms with van der Waals surface area (Å²) in [4.78, 5) is 12.2. The summed E-state index contributed by atoms with van der Waals surface area (Å²) in [7, 11) is 0. The van der Waals surface area contributed by atoms with Crippen LogP contribution in [0.1, 0.15) is 16.1 Å². The largest absolute Gasteiger partial charge is 0.454 e. The molecule has 0 fully saturated rings. The lowest BCUT2D eigenvalue weighted by atomic mass is 10.2. The van der Waals surface area contributed by atoms with E-state index in [1.54, 1.807) is 29.1 Å². The van der Waals surface area contributed by atoms with Crippen LogP contribution >= 0.6 is 0 Å². The zero-order chi connectivity index (χ0) is 14.9. The van der Waals surface area contributed by atoms with Gasteiger partial charge in [0.2, 0.25) is 6.79 Å². The zero-order valence-electron chi connectivity index (χ0n) is 11.7. The van der Waals surface area contributed by atoms with Crippen molar-refractivity contribution in [1.29, 1.82) is 0 Å². The summed E-state index contributed by atoms with van der Waals surface area (Å²) in [5, 5.41) is 10.7. The first-order valence-corrected chi connectivity index (χ1v) is 6.96. The zero-order valence-corrected chi connectivity index (χ0v) is 11.7. The lowest BCUT2D eigenvalue weighted by Gasteiger charge is -2.23. The Hall–Kier alpha value is -2.61. The SMILES string of the molecule is O=C(NC[C@H]1Cn2nncc2CO1)c1ccc2c(c1)OCO2. The molecule has 0 spiro atoms. The fourth-order valence-electron chi connectivity index (χ4n) is 2.46. The molecule has 2 aliphatic rings. The minimum Gasteiger partial charge on any atom is -0.454 e. The Labute approximate surface area is 126 Å². The second kappa shape index (κ2) is 5.30. The molecule has 0 bridgehead atoms. The molecule has 1 amide bonds. The average Bonchev–Trinajstić information content (AvgIpc) is 3.19. The van der Waals surface area contributed by atoms with Crippen molar-refractivity contribution in [3.8, 4) is 11.5 Å². The molecule has 8 heteroatoms. The monoisotopic (exact) mass is 302 g/mol. The van der Waals surface area contributed by atoms with Crippen LogP contribution in [0.3, 0.4) is 0 Å². The number of amides is 1. The van der Waals surface area contributed by atoms with Gasteiger partial charge in [-0.25, -0.2) is 4.68 Å². The molecule has 1 N–H and O–H groups in total. The predicted molar refractivity (Wildman–Crippen MR) is 73.5 cm³/mol. The molecule has 3 heterocycles. The van der Waals surface area contributed by atoms with E-state index >= 15 is 0 Å². The van der Waals surface area contributed by atoms with E-state index < -0.39 is 0 Å². The molecule has 1 aromatic carbocycles. The minimum atomic E-state index is -0.175. The van der Waals surface area contributed by atoms with E-state index in [0.717, 1.165) is 5.69 Å². The fraction of sp³-hybridized carbons (Fsp3) is 0.357. The number of fused-ring (bicyclic) bond motifs is 2. The van der Waals surface area contributed by atoms with Crippen LogP contribution in [0.15, 0.2) is 24.4 Å². The maximum absolute atomic E-state index is 12.2. The Morgan fingerprint density at radius 2 is 2.27 bits per heavy atom. The van der Waals surface area contributed by atoms with Gasteiger partial charge < -0.3 is 19.5 Å². The number of aromatic nitrogens is 3. The van der Waals surface area contributed by atoms with Gasteiger partial charge in [-0.15, -0.1) is 5.10 Å². The van der Waals surface area contributed by atoms with Crippen molar-refractivity contribution in [2.24, 2.45) is 0 Å². The third kappa shape index (κ3) is 2.37. The van der Waals surface area contributed by atoms with Gasteiger partial charge in [-0.1, -0.05) is 5.21 Å². The highest BCUT2D eigenvalue weighted by Crippen LogP contribution is 2.32. The summed E-state index contributed by atoms with van der Waals surface area (Å²) >= 11 is 0. The van der Waals surface area contributed by atoms with Crippen LogP contribution in [-0.2, 0) is 17.9 Å². The molecule has 114 valence electrons. The van der Waals surface area contributed by atoms with Gasteiger partial charge in [0.05, 0.1) is 31.1 Å². The second-order valence-corrected chi connectivity index (χ2v) is 5.12. The minimum absolute atomic E-state index is 0.118. The van der Waals surface area contributed by atoms with E-state index in [0.29, 0.717) is 36.8 Å². The summed E-state index contributed by atoms with van der Waals surface area (Å²) in [6.45, 7) is 1.64. The summed E-state index contributed by atoms with van der Waals surface area (Å²) < 4.78 is 17.9. The standard InChI is InChI=1S/C14H14N4O4/c19-14(9-1-2-12-13(3-9)22-8-21-12)15-5-11-6-18-10(7-20-11)4-16-17-18/h1-4,11H,5-8H2,(H,15,19)/t11-/m0/s1. The van der Waals surface area contributed by atoms with Gasteiger partial charge in [0.25, 0.3) is 5.91 Å². The Balaban J connectivity index is 1.37. The lowest BCUT2D eigenvalue weighted by Crippen LogP contribution is -2.39. The second-order valence-electron chi connectivity index (χ2n) is 5.12. The number of carbonyl (C=O) groups excluding carboxylic acids is 1. The van der Waals surface area contributed by atoms with E-state index in [4.69, 9.17) is 14.2 Å². The van der Waals surface area contributed by atoms with E-state index in [1.807, 2.05) is 0 Å². The first kappa shape index (κ1) is 13.1. The van der Waals surface area contributed by atoms with E-state index in [1.165, 1.54) is 0 Å². The number of carbonyl (C=O) groups is 1. The maximum Gasteiger partial charge on any atom is 0.251 e. The van der Waals surface area contributed by atoms with Crippen molar-refractivity contribution < 1.29 is 19.0 Å². The van der Waals surface area contributed by atoms with Crippen LogP contribution < -0.4 is 14.8 Å². The maximum atomic E-state index is 12.2. The predicted octanol–water partition coefficient (Wildman–Crippen LogP) is 0.336. The van der Waals surface area contributed by atoms with Crippen molar-refractivity contribution in [3.63, 3.8) is 0 Å². The molecule has 0 saturated carbocycles. The highest BCUT2D eigenvalue weighted by Gasteiger charge is 2.21. The van der Waals surface area contributed by atoms with Crippen LogP contribution in [-0.4, -0.2) is 40.3 Å². The normalized spacial score (nSPS) is 18.8. The Morgan fingerprint density at radius 3 is 3.23 bits per heavy atom. The molecule has 2 aliphatic heterocycles. The lowest BCUT2D eigenvalue weighted by molar-refractivity contribution is 0.00150. The molecule has 0 aliphatic carbocycles. The van der Waals surface area contributed by atoms with Gasteiger partial charge in [-0.05, 0) is 18.2 Å². The summed E-state index contributed by atoms with van der Waals surface area (Å²) in [6, 6.07) is 5.12. The van der Waals surface area contributed by atoms with E-state index in [-0.39, 0.29) is 18.8 Å². The molecule has 0 unspecified atom stereocenters. The third-order valence-corrected chi connectivity index (χ3v) is 3.67. The van der Waals surface area contributed by atoms with Crippen molar-refractivity contribution in [2.75, 3.05) is 13.3 Å². The quantitative estimate of drug-likeness (QED) is 0.879. The molecule has 8 nitrogen and oxygen atoms in total. The molecule has 1 atom stereocenters. The topological polar surface area (TPSA) is 87.5 Å².